The number of aromatic nitrogens is 1. The summed E-state index contributed by atoms with van der Waals surface area (Å²) in [5.41, 5.74) is 9.81. The number of benzene rings is 1. The normalized spacial score (nSPS) is 20.4. The van der Waals surface area contributed by atoms with Crippen LogP contribution in [-0.4, -0.2) is 69.8 Å². The molecule has 1 aliphatic carbocycles. The second kappa shape index (κ2) is 13.6. The van der Waals surface area contributed by atoms with Crippen LogP contribution in [0.5, 0.6) is 0 Å². The van der Waals surface area contributed by atoms with Crippen LogP contribution in [-0.2, 0) is 16.1 Å². The summed E-state index contributed by atoms with van der Waals surface area (Å²) >= 11 is 0. The Morgan fingerprint density at radius 2 is 1.78 bits per heavy atom. The third-order valence-electron chi connectivity index (χ3n) is 9.82. The Balaban J connectivity index is 0.000000731. The molecule has 4 N–H and O–H groups in total. The van der Waals surface area contributed by atoms with Gasteiger partial charge in [0.2, 0.25) is 12.3 Å². The fourth-order valence-electron chi connectivity index (χ4n) is 6.36. The Hall–Kier alpha value is -3.73. The highest BCUT2D eigenvalue weighted by Crippen LogP contribution is 2.47. The zero-order valence-corrected chi connectivity index (χ0v) is 28.1. The SMILES string of the molecule is C=C1c2ccc(N=C(N)c3c(NC4(CC)CCN(C=O)CC4)cc[nH]c3=O)cc2CN1C1(C)CCC(F)(F)CC1.COC(C)(C)C. The van der Waals surface area contributed by atoms with E-state index in [1.54, 1.807) is 24.3 Å². The number of nitrogens with one attached hydrogen (secondary N) is 2. The molecule has 1 saturated carbocycles. The van der Waals surface area contributed by atoms with E-state index in [0.29, 0.717) is 43.9 Å². The van der Waals surface area contributed by atoms with Gasteiger partial charge in [0, 0.05) is 68.1 Å². The molecular formula is C35H50F2N6O3. The monoisotopic (exact) mass is 640 g/mol. The Labute approximate surface area is 271 Å². The molecule has 11 heteroatoms. The number of aliphatic imine (C=N–C) groups is 1. The number of anilines is 1. The van der Waals surface area contributed by atoms with E-state index in [2.05, 4.69) is 33.7 Å². The molecule has 1 aromatic heterocycles. The fourth-order valence-corrected chi connectivity index (χ4v) is 6.36. The number of piperidine rings is 1. The van der Waals surface area contributed by atoms with Gasteiger partial charge in [-0.3, -0.25) is 9.59 Å². The molecule has 2 aromatic rings. The maximum Gasteiger partial charge on any atom is 0.261 e. The zero-order chi connectivity index (χ0) is 33.9. The van der Waals surface area contributed by atoms with Gasteiger partial charge in [-0.15, -0.1) is 0 Å². The van der Waals surface area contributed by atoms with Crippen molar-refractivity contribution < 1.29 is 18.3 Å². The van der Waals surface area contributed by atoms with Crippen molar-refractivity contribution in [2.45, 2.75) is 109 Å². The van der Waals surface area contributed by atoms with E-state index < -0.39 is 5.92 Å². The second-order valence-corrected chi connectivity index (χ2v) is 14.0. The largest absolute Gasteiger partial charge is 0.383 e. The lowest BCUT2D eigenvalue weighted by atomic mass is 9.80. The number of ether oxygens (including phenoxy) is 1. The van der Waals surface area contributed by atoms with E-state index in [0.717, 1.165) is 42.5 Å². The van der Waals surface area contributed by atoms with Crippen molar-refractivity contribution in [3.8, 4) is 0 Å². The third-order valence-corrected chi connectivity index (χ3v) is 9.82. The summed E-state index contributed by atoms with van der Waals surface area (Å²) in [4.78, 5) is 35.4. The fraction of sp³-hybridized carbons (Fsp3) is 0.571. The lowest BCUT2D eigenvalue weighted by Gasteiger charge is -2.45. The quantitative estimate of drug-likeness (QED) is 0.183. The van der Waals surface area contributed by atoms with Crippen molar-refractivity contribution in [3.63, 3.8) is 0 Å². The van der Waals surface area contributed by atoms with Crippen LogP contribution in [0.4, 0.5) is 20.2 Å². The molecule has 0 atom stereocenters. The van der Waals surface area contributed by atoms with Gasteiger partial charge in [-0.1, -0.05) is 19.6 Å². The Kier molecular flexibility index (Phi) is 10.4. The highest BCUT2D eigenvalue weighted by Gasteiger charge is 2.45. The van der Waals surface area contributed by atoms with E-state index in [1.807, 2.05) is 45.9 Å². The number of hydrogen-bond acceptors (Lipinski definition) is 6. The van der Waals surface area contributed by atoms with E-state index in [-0.39, 0.29) is 46.5 Å². The molecule has 2 aliphatic heterocycles. The molecule has 9 nitrogen and oxygen atoms in total. The number of nitrogens with two attached hydrogens (primary N) is 1. The number of aromatic amines is 1. The molecule has 5 rings (SSSR count). The van der Waals surface area contributed by atoms with Crippen LogP contribution in [0.3, 0.4) is 0 Å². The van der Waals surface area contributed by atoms with Crippen LogP contribution in [0.2, 0.25) is 0 Å². The van der Waals surface area contributed by atoms with Crippen molar-refractivity contribution >= 4 is 29.3 Å². The molecule has 46 heavy (non-hydrogen) atoms. The van der Waals surface area contributed by atoms with Crippen molar-refractivity contribution in [1.29, 1.82) is 0 Å². The minimum atomic E-state index is -2.60. The van der Waals surface area contributed by atoms with Gasteiger partial charge >= 0.3 is 0 Å². The first kappa shape index (κ1) is 35.1. The minimum absolute atomic E-state index is 0.0417. The van der Waals surface area contributed by atoms with Crippen LogP contribution >= 0.6 is 0 Å². The molecule has 3 heterocycles. The Morgan fingerprint density at radius 1 is 1.15 bits per heavy atom. The number of fused-ring (bicyclic) bond motifs is 1. The van der Waals surface area contributed by atoms with Crippen LogP contribution in [0, 0.1) is 0 Å². The number of hydrogen-bond donors (Lipinski definition) is 3. The topological polar surface area (TPSA) is 116 Å². The predicted molar refractivity (Wildman–Crippen MR) is 181 cm³/mol. The maximum atomic E-state index is 13.9. The van der Waals surface area contributed by atoms with Gasteiger partial charge in [0.1, 0.15) is 11.4 Å². The number of carbonyl (C=O) groups is 1. The lowest BCUT2D eigenvalue weighted by molar-refractivity contribution is -0.119. The average molecular weight is 641 g/mol. The zero-order valence-electron chi connectivity index (χ0n) is 28.1. The summed E-state index contributed by atoms with van der Waals surface area (Å²) in [6.07, 6.45) is 5.38. The van der Waals surface area contributed by atoms with Gasteiger partial charge in [0.15, 0.2) is 0 Å². The molecule has 1 saturated heterocycles. The molecule has 1 amide bonds. The van der Waals surface area contributed by atoms with Gasteiger partial charge in [0.05, 0.1) is 17.0 Å². The number of carbonyl (C=O) groups excluding carboxylic acids is 1. The number of rotatable bonds is 7. The number of methoxy groups -OCH3 is 1. The molecule has 0 bridgehead atoms. The predicted octanol–water partition coefficient (Wildman–Crippen LogP) is 6.41. The Morgan fingerprint density at radius 3 is 2.35 bits per heavy atom. The van der Waals surface area contributed by atoms with E-state index >= 15 is 0 Å². The summed E-state index contributed by atoms with van der Waals surface area (Å²) < 4.78 is 32.7. The van der Waals surface area contributed by atoms with E-state index in [9.17, 15) is 18.4 Å². The molecule has 0 unspecified atom stereocenters. The number of halogens is 2. The molecular weight excluding hydrogens is 590 g/mol. The minimum Gasteiger partial charge on any atom is -0.383 e. The van der Waals surface area contributed by atoms with Gasteiger partial charge in [-0.25, -0.2) is 13.8 Å². The summed E-state index contributed by atoms with van der Waals surface area (Å²) in [6, 6.07) is 7.50. The lowest BCUT2D eigenvalue weighted by Crippen LogP contribution is -2.49. The summed E-state index contributed by atoms with van der Waals surface area (Å²) in [7, 11) is 1.71. The van der Waals surface area contributed by atoms with Crippen LogP contribution < -0.4 is 16.6 Å². The van der Waals surface area contributed by atoms with Crippen LogP contribution in [0.1, 0.15) is 96.3 Å². The summed E-state index contributed by atoms with van der Waals surface area (Å²) in [5, 5.41) is 3.57. The van der Waals surface area contributed by atoms with Crippen LogP contribution in [0.15, 0.2) is 46.8 Å². The first-order valence-electron chi connectivity index (χ1n) is 16.1. The molecule has 1 aromatic carbocycles. The smallest absolute Gasteiger partial charge is 0.261 e. The highest BCUT2D eigenvalue weighted by molar-refractivity contribution is 6.03. The van der Waals surface area contributed by atoms with Gasteiger partial charge in [0.25, 0.3) is 5.56 Å². The molecule has 3 aliphatic rings. The number of likely N-dealkylation sites (tertiary alicyclic amines) is 1. The number of nitrogens with zero attached hydrogens (tertiary/aromatic N) is 3. The molecule has 0 radical (unpaired) electrons. The first-order valence-corrected chi connectivity index (χ1v) is 16.1. The summed E-state index contributed by atoms with van der Waals surface area (Å²) in [5.74, 6) is -2.50. The maximum absolute atomic E-state index is 13.9. The third kappa shape index (κ3) is 7.97. The number of pyridine rings is 1. The number of alkyl halides is 2. The first-order chi connectivity index (χ1) is 21.5. The number of amidine groups is 1. The van der Waals surface area contributed by atoms with Crippen molar-refractivity contribution in [2.75, 3.05) is 25.5 Å². The van der Waals surface area contributed by atoms with Gasteiger partial charge in [-0.05, 0) is 83.6 Å². The Bertz CT molecular complexity index is 1490. The highest BCUT2D eigenvalue weighted by atomic mass is 19.3. The molecule has 252 valence electrons. The summed E-state index contributed by atoms with van der Waals surface area (Å²) in [6.45, 7) is 16.3. The second-order valence-electron chi connectivity index (χ2n) is 14.0. The number of H-pyrrole nitrogens is 1. The average Bonchev–Trinajstić information content (AvgIpc) is 3.35. The van der Waals surface area contributed by atoms with Crippen molar-refractivity contribution in [3.05, 3.63) is 64.1 Å². The molecule has 2 fully saturated rings. The molecule has 0 spiro atoms. The van der Waals surface area contributed by atoms with Gasteiger partial charge < -0.3 is 30.6 Å². The number of amides is 1. The van der Waals surface area contributed by atoms with E-state index in [4.69, 9.17) is 10.5 Å². The van der Waals surface area contributed by atoms with Gasteiger partial charge in [-0.2, -0.15) is 0 Å². The van der Waals surface area contributed by atoms with Crippen molar-refractivity contribution in [2.24, 2.45) is 10.7 Å². The van der Waals surface area contributed by atoms with Crippen LogP contribution in [0.25, 0.3) is 5.70 Å². The van der Waals surface area contributed by atoms with E-state index in [1.165, 1.54) is 0 Å². The van der Waals surface area contributed by atoms with Crippen molar-refractivity contribution in [1.82, 2.24) is 14.8 Å². The standard InChI is InChI=1S/C30H38F2N6O2.C5H12O/c1-4-29(12-15-37(19-39)16-13-29)36-24-7-14-34-27(40)25(24)26(33)35-22-5-6-23-20(2)38(18-21(23)17-22)28(3)8-10-30(31,32)11-9-28;1-5(2,3)6-4/h5-7,14,17,19H,2,4,8-13,15-16,18H2,1,3H3,(H2,33,35)(H2,34,36,40);1-4H3.